The smallest absolute Gasteiger partial charge is 0.203 e. The number of hydrogen-bond acceptors (Lipinski definition) is 7. The second-order valence-electron chi connectivity index (χ2n) is 8.23. The van der Waals surface area contributed by atoms with E-state index >= 15 is 0 Å². The summed E-state index contributed by atoms with van der Waals surface area (Å²) in [5.41, 5.74) is 4.92. The Bertz CT molecular complexity index is 1410. The van der Waals surface area contributed by atoms with Gasteiger partial charge in [-0.05, 0) is 13.8 Å². The van der Waals surface area contributed by atoms with Crippen molar-refractivity contribution in [2.24, 2.45) is 0 Å². The van der Waals surface area contributed by atoms with Crippen molar-refractivity contribution in [3.63, 3.8) is 0 Å². The molecule has 1 aliphatic rings. The molecular weight excluding hydrogens is 402 g/mol. The van der Waals surface area contributed by atoms with Gasteiger partial charge in [0.15, 0.2) is 11.5 Å². The Kier molecular flexibility index (Phi) is 4.27. The highest BCUT2D eigenvalue weighted by Gasteiger charge is 2.28. The Morgan fingerprint density at radius 1 is 1.06 bits per heavy atom. The van der Waals surface area contributed by atoms with Crippen LogP contribution < -0.4 is 9.80 Å². The lowest BCUT2D eigenvalue weighted by Crippen LogP contribution is -2.52. The molecule has 1 saturated heterocycles. The molecule has 1 aromatic carbocycles. The first-order valence-electron chi connectivity index (χ1n) is 10.8. The molecule has 0 spiro atoms. The number of hydrogen-bond donors (Lipinski definition) is 0. The number of aromatic nitrogens is 7. The Hall–Kier alpha value is -4.01. The SMILES string of the molecule is Cc1cnn2c(-c3ccccc3)cc(N3CCN(c4nccn5cnnc45)C(C)C3)nc12. The molecule has 1 fully saturated rings. The van der Waals surface area contributed by atoms with Crippen LogP contribution in [0.2, 0.25) is 0 Å². The molecule has 0 amide bonds. The van der Waals surface area contributed by atoms with Gasteiger partial charge in [-0.15, -0.1) is 10.2 Å². The van der Waals surface area contributed by atoms with E-state index in [0.717, 1.165) is 59.4 Å². The summed E-state index contributed by atoms with van der Waals surface area (Å²) >= 11 is 0. The van der Waals surface area contributed by atoms with Crippen LogP contribution in [0.4, 0.5) is 11.6 Å². The maximum Gasteiger partial charge on any atom is 0.203 e. The summed E-state index contributed by atoms with van der Waals surface area (Å²) in [6, 6.07) is 12.7. The van der Waals surface area contributed by atoms with E-state index in [9.17, 15) is 0 Å². The quantitative estimate of drug-likeness (QED) is 0.440. The average Bonchev–Trinajstić information content (AvgIpc) is 3.46. The molecule has 5 heterocycles. The van der Waals surface area contributed by atoms with Crippen molar-refractivity contribution in [3.8, 4) is 11.3 Å². The molecule has 0 saturated carbocycles. The van der Waals surface area contributed by atoms with E-state index < -0.39 is 0 Å². The third-order valence-corrected chi connectivity index (χ3v) is 6.12. The molecule has 9 nitrogen and oxygen atoms in total. The average molecular weight is 426 g/mol. The normalized spacial score (nSPS) is 16.9. The van der Waals surface area contributed by atoms with E-state index in [2.05, 4.69) is 74.3 Å². The minimum atomic E-state index is 0.239. The molecule has 0 radical (unpaired) electrons. The molecular formula is C23H23N9. The van der Waals surface area contributed by atoms with Gasteiger partial charge in [-0.2, -0.15) is 5.10 Å². The number of aryl methyl sites for hydroxylation is 1. The van der Waals surface area contributed by atoms with Crippen LogP contribution >= 0.6 is 0 Å². The van der Waals surface area contributed by atoms with Gasteiger partial charge in [0.2, 0.25) is 5.65 Å². The third-order valence-electron chi connectivity index (χ3n) is 6.12. The maximum absolute atomic E-state index is 4.98. The van der Waals surface area contributed by atoms with Crippen LogP contribution in [0.15, 0.2) is 61.3 Å². The van der Waals surface area contributed by atoms with Gasteiger partial charge < -0.3 is 9.80 Å². The van der Waals surface area contributed by atoms with Gasteiger partial charge in [-0.1, -0.05) is 30.3 Å². The Morgan fingerprint density at radius 2 is 1.94 bits per heavy atom. The lowest BCUT2D eigenvalue weighted by molar-refractivity contribution is 0.543. The predicted molar refractivity (Wildman–Crippen MR) is 123 cm³/mol. The zero-order valence-corrected chi connectivity index (χ0v) is 18.0. The molecule has 0 bridgehead atoms. The number of rotatable bonds is 3. The monoisotopic (exact) mass is 425 g/mol. The molecule has 4 aromatic heterocycles. The van der Waals surface area contributed by atoms with Gasteiger partial charge in [-0.3, -0.25) is 4.40 Å². The fraction of sp³-hybridized carbons (Fsp3) is 0.261. The number of benzene rings is 1. The fourth-order valence-corrected chi connectivity index (χ4v) is 4.46. The van der Waals surface area contributed by atoms with E-state index in [4.69, 9.17) is 4.98 Å². The summed E-state index contributed by atoms with van der Waals surface area (Å²) in [5.74, 6) is 1.84. The maximum atomic E-state index is 4.98. The molecule has 0 aliphatic carbocycles. The van der Waals surface area contributed by atoms with Crippen molar-refractivity contribution in [2.45, 2.75) is 19.9 Å². The van der Waals surface area contributed by atoms with Crippen LogP contribution in [0.25, 0.3) is 22.6 Å². The van der Waals surface area contributed by atoms with Crippen LogP contribution in [0.3, 0.4) is 0 Å². The predicted octanol–water partition coefficient (Wildman–Crippen LogP) is 2.86. The third kappa shape index (κ3) is 2.96. The van der Waals surface area contributed by atoms with Gasteiger partial charge in [0.1, 0.15) is 12.1 Å². The number of fused-ring (bicyclic) bond motifs is 2. The second kappa shape index (κ2) is 7.30. The summed E-state index contributed by atoms with van der Waals surface area (Å²) < 4.78 is 3.84. The minimum absolute atomic E-state index is 0.239. The van der Waals surface area contributed by atoms with Crippen molar-refractivity contribution in [3.05, 3.63) is 66.9 Å². The van der Waals surface area contributed by atoms with Gasteiger partial charge >= 0.3 is 0 Å². The van der Waals surface area contributed by atoms with Crippen LogP contribution in [0, 0.1) is 6.92 Å². The van der Waals surface area contributed by atoms with E-state index in [1.54, 1.807) is 12.5 Å². The van der Waals surface area contributed by atoms with E-state index in [0.29, 0.717) is 0 Å². The molecule has 9 heteroatoms. The topological polar surface area (TPSA) is 79.8 Å². The molecule has 6 rings (SSSR count). The van der Waals surface area contributed by atoms with Crippen molar-refractivity contribution < 1.29 is 0 Å². The van der Waals surface area contributed by atoms with Crippen molar-refractivity contribution in [1.29, 1.82) is 0 Å². The van der Waals surface area contributed by atoms with E-state index in [1.165, 1.54) is 0 Å². The molecule has 0 N–H and O–H groups in total. The number of nitrogens with zero attached hydrogens (tertiary/aromatic N) is 9. The first kappa shape index (κ1) is 18.7. The zero-order valence-electron chi connectivity index (χ0n) is 18.0. The molecule has 1 aliphatic heterocycles. The van der Waals surface area contributed by atoms with Crippen molar-refractivity contribution in [1.82, 2.24) is 34.2 Å². The standard InChI is InChI=1S/C23H23N9/c1-16-13-26-32-19(18-6-4-3-5-7-18)12-20(27-21(16)32)29-10-11-31(17(2)14-29)22-23-28-25-15-30(23)9-8-24-22/h3-9,12-13,15,17H,10-11,14H2,1-2H3. The van der Waals surface area contributed by atoms with E-state index in [-0.39, 0.29) is 6.04 Å². The summed E-state index contributed by atoms with van der Waals surface area (Å²) in [4.78, 5) is 14.2. The first-order chi connectivity index (χ1) is 15.7. The number of piperazine rings is 1. The first-order valence-corrected chi connectivity index (χ1v) is 10.8. The summed E-state index contributed by atoms with van der Waals surface area (Å²) in [5, 5.41) is 12.9. The molecule has 160 valence electrons. The lowest BCUT2D eigenvalue weighted by atomic mass is 10.1. The van der Waals surface area contributed by atoms with Crippen LogP contribution in [0.1, 0.15) is 12.5 Å². The minimum Gasteiger partial charge on any atom is -0.353 e. The van der Waals surface area contributed by atoms with Crippen molar-refractivity contribution in [2.75, 3.05) is 29.4 Å². The van der Waals surface area contributed by atoms with Gasteiger partial charge in [0.25, 0.3) is 0 Å². The van der Waals surface area contributed by atoms with Gasteiger partial charge in [0, 0.05) is 55.3 Å². The largest absolute Gasteiger partial charge is 0.353 e. The Labute approximate surface area is 185 Å². The highest BCUT2D eigenvalue weighted by molar-refractivity contribution is 5.69. The zero-order chi connectivity index (χ0) is 21.7. The van der Waals surface area contributed by atoms with Gasteiger partial charge in [-0.25, -0.2) is 14.5 Å². The van der Waals surface area contributed by atoms with Crippen LogP contribution in [-0.4, -0.2) is 59.9 Å². The molecule has 1 unspecified atom stereocenters. The van der Waals surface area contributed by atoms with E-state index in [1.807, 2.05) is 27.4 Å². The molecule has 1 atom stereocenters. The Balaban J connectivity index is 1.36. The van der Waals surface area contributed by atoms with Crippen LogP contribution in [-0.2, 0) is 0 Å². The number of anilines is 2. The Morgan fingerprint density at radius 3 is 2.78 bits per heavy atom. The summed E-state index contributed by atoms with van der Waals surface area (Å²) in [6.07, 6.45) is 7.26. The van der Waals surface area contributed by atoms with Crippen molar-refractivity contribution >= 4 is 22.9 Å². The molecule has 32 heavy (non-hydrogen) atoms. The highest BCUT2D eigenvalue weighted by Crippen LogP contribution is 2.28. The van der Waals surface area contributed by atoms with Crippen LogP contribution in [0.5, 0.6) is 0 Å². The highest BCUT2D eigenvalue weighted by atomic mass is 15.4. The van der Waals surface area contributed by atoms with Gasteiger partial charge in [0.05, 0.1) is 11.9 Å². The molecule has 5 aromatic rings. The second-order valence-corrected chi connectivity index (χ2v) is 8.23. The lowest BCUT2D eigenvalue weighted by Gasteiger charge is -2.41. The summed E-state index contributed by atoms with van der Waals surface area (Å²) in [7, 11) is 0. The summed E-state index contributed by atoms with van der Waals surface area (Å²) in [6.45, 7) is 6.77. The fourth-order valence-electron chi connectivity index (χ4n) is 4.46.